The largest absolute Gasteiger partial charge is 0.348 e. The normalized spacial score (nSPS) is 15.0. The molecule has 0 N–H and O–H groups in total. The van der Waals surface area contributed by atoms with E-state index in [9.17, 15) is 10.1 Å². The molecule has 0 unspecified atom stereocenters. The van der Waals surface area contributed by atoms with Gasteiger partial charge >= 0.3 is 5.69 Å². The zero-order valence-electron chi connectivity index (χ0n) is 15.1. The van der Waals surface area contributed by atoms with Gasteiger partial charge in [-0.25, -0.2) is 4.98 Å². The topological polar surface area (TPSA) is 62.5 Å². The fourth-order valence-electron chi connectivity index (χ4n) is 3.37. The summed E-state index contributed by atoms with van der Waals surface area (Å²) in [6, 6.07) is 15.3. The van der Waals surface area contributed by atoms with Crippen molar-refractivity contribution in [3.63, 3.8) is 0 Å². The Morgan fingerprint density at radius 3 is 2.68 bits per heavy atom. The summed E-state index contributed by atoms with van der Waals surface area (Å²) in [5.74, 6) is 0.464. The van der Waals surface area contributed by atoms with Crippen LogP contribution in [0.2, 0.25) is 5.02 Å². The van der Waals surface area contributed by atoms with Crippen molar-refractivity contribution in [1.82, 2.24) is 9.88 Å². The van der Waals surface area contributed by atoms with E-state index in [-0.39, 0.29) is 10.6 Å². The minimum absolute atomic E-state index is 0.0698. The number of halogens is 1. The van der Waals surface area contributed by atoms with E-state index >= 15 is 0 Å². The number of thiophene rings is 1. The van der Waals surface area contributed by atoms with Gasteiger partial charge in [-0.2, -0.15) is 0 Å². The molecule has 0 bridgehead atoms. The molecule has 0 atom stereocenters. The summed E-state index contributed by atoms with van der Waals surface area (Å²) in [4.78, 5) is 22.0. The second-order valence-corrected chi connectivity index (χ2v) is 8.25. The molecule has 6 nitrogen and oxygen atoms in total. The van der Waals surface area contributed by atoms with Crippen LogP contribution in [-0.2, 0) is 6.54 Å². The van der Waals surface area contributed by atoms with Crippen molar-refractivity contribution < 1.29 is 4.92 Å². The number of piperazine rings is 1. The Labute approximate surface area is 172 Å². The van der Waals surface area contributed by atoms with Crippen LogP contribution in [0.1, 0.15) is 4.88 Å². The number of rotatable bonds is 5. The molecule has 0 radical (unpaired) electrons. The van der Waals surface area contributed by atoms with Gasteiger partial charge in [-0.05, 0) is 35.9 Å². The maximum absolute atomic E-state index is 11.2. The molecular weight excluding hydrogens is 396 g/mol. The Morgan fingerprint density at radius 2 is 1.93 bits per heavy atom. The molecule has 1 aromatic carbocycles. The molecule has 1 saturated heterocycles. The third kappa shape index (κ3) is 4.16. The predicted octanol–water partition coefficient (Wildman–Crippen LogP) is 4.69. The van der Waals surface area contributed by atoms with Gasteiger partial charge in [0, 0.05) is 59.8 Å². The Hall–Kier alpha value is -2.48. The Morgan fingerprint density at radius 1 is 1.11 bits per heavy atom. The van der Waals surface area contributed by atoms with Gasteiger partial charge in [-0.3, -0.25) is 15.0 Å². The Balaban J connectivity index is 1.38. The average molecular weight is 415 g/mol. The fraction of sp³-hybridized carbons (Fsp3) is 0.250. The van der Waals surface area contributed by atoms with E-state index in [4.69, 9.17) is 11.6 Å². The number of aromatic nitrogens is 1. The highest BCUT2D eigenvalue weighted by molar-refractivity contribution is 7.15. The first-order valence-corrected chi connectivity index (χ1v) is 10.2. The summed E-state index contributed by atoms with van der Waals surface area (Å²) in [6.07, 6.45) is 1.61. The van der Waals surface area contributed by atoms with E-state index in [1.54, 1.807) is 23.6 Å². The van der Waals surface area contributed by atoms with Crippen LogP contribution in [0.5, 0.6) is 0 Å². The summed E-state index contributed by atoms with van der Waals surface area (Å²) < 4.78 is 0. The summed E-state index contributed by atoms with van der Waals surface area (Å²) in [6.45, 7) is 4.02. The number of pyridine rings is 1. The molecule has 3 aromatic rings. The van der Waals surface area contributed by atoms with Crippen LogP contribution in [0, 0.1) is 10.1 Å². The highest BCUT2D eigenvalue weighted by atomic mass is 35.5. The highest BCUT2D eigenvalue weighted by Crippen LogP contribution is 2.31. The summed E-state index contributed by atoms with van der Waals surface area (Å²) in [5.41, 5.74) is 1.21. The van der Waals surface area contributed by atoms with Gasteiger partial charge in [0.2, 0.25) is 5.82 Å². The quantitative estimate of drug-likeness (QED) is 0.447. The molecule has 144 valence electrons. The van der Waals surface area contributed by atoms with Gasteiger partial charge in [-0.15, -0.1) is 11.3 Å². The first-order chi connectivity index (χ1) is 13.6. The van der Waals surface area contributed by atoms with Crippen molar-refractivity contribution >= 4 is 34.4 Å². The van der Waals surface area contributed by atoms with E-state index in [0.717, 1.165) is 43.3 Å². The summed E-state index contributed by atoms with van der Waals surface area (Å²) in [7, 11) is 0. The van der Waals surface area contributed by atoms with Gasteiger partial charge < -0.3 is 4.90 Å². The van der Waals surface area contributed by atoms with Crippen LogP contribution >= 0.6 is 22.9 Å². The molecule has 4 rings (SSSR count). The molecule has 2 aromatic heterocycles. The van der Waals surface area contributed by atoms with Gasteiger partial charge in [0.25, 0.3) is 0 Å². The van der Waals surface area contributed by atoms with Gasteiger partial charge in [-0.1, -0.05) is 23.7 Å². The van der Waals surface area contributed by atoms with Gasteiger partial charge in [0.05, 0.1) is 4.92 Å². The van der Waals surface area contributed by atoms with E-state index in [2.05, 4.69) is 28.1 Å². The first-order valence-electron chi connectivity index (χ1n) is 9.01. The molecule has 8 heteroatoms. The first kappa shape index (κ1) is 18.9. The van der Waals surface area contributed by atoms with E-state index < -0.39 is 0 Å². The van der Waals surface area contributed by atoms with Crippen LogP contribution < -0.4 is 4.90 Å². The molecule has 1 aliphatic heterocycles. The standard InChI is InChI=1S/C20H19ClN4O2S/c21-16-4-1-3-15(13-16)19-7-6-17(28-19)14-23-9-11-24(12-10-23)20-18(25(26)27)5-2-8-22-20/h1-8,13H,9-12,14H2. The smallest absolute Gasteiger partial charge is 0.311 e. The SMILES string of the molecule is O=[N+]([O-])c1cccnc1N1CCN(Cc2ccc(-c3cccc(Cl)c3)s2)CC1. The molecule has 1 aliphatic rings. The van der Waals surface area contributed by atoms with Gasteiger partial charge in [0.15, 0.2) is 0 Å². The van der Waals surface area contributed by atoms with Crippen molar-refractivity contribution in [1.29, 1.82) is 0 Å². The van der Waals surface area contributed by atoms with Crippen LogP contribution in [-0.4, -0.2) is 41.0 Å². The maximum atomic E-state index is 11.2. The van der Waals surface area contributed by atoms with Crippen molar-refractivity contribution in [2.24, 2.45) is 0 Å². The average Bonchev–Trinajstić information content (AvgIpc) is 3.17. The van der Waals surface area contributed by atoms with Crippen molar-refractivity contribution in [2.75, 3.05) is 31.1 Å². The summed E-state index contributed by atoms with van der Waals surface area (Å²) >= 11 is 7.87. The Kier molecular flexibility index (Phi) is 5.57. The van der Waals surface area contributed by atoms with Crippen molar-refractivity contribution in [3.05, 3.63) is 74.7 Å². The fourth-order valence-corrected chi connectivity index (χ4v) is 4.61. The van der Waals surface area contributed by atoms with E-state index in [1.807, 2.05) is 23.1 Å². The van der Waals surface area contributed by atoms with Crippen LogP contribution in [0.4, 0.5) is 11.5 Å². The lowest BCUT2D eigenvalue weighted by Crippen LogP contribution is -2.46. The van der Waals surface area contributed by atoms with Crippen molar-refractivity contribution in [3.8, 4) is 10.4 Å². The number of nitro groups is 1. The predicted molar refractivity (Wildman–Crippen MR) is 113 cm³/mol. The second-order valence-electron chi connectivity index (χ2n) is 6.64. The van der Waals surface area contributed by atoms with Crippen molar-refractivity contribution in [2.45, 2.75) is 6.54 Å². The van der Waals surface area contributed by atoms with Crippen LogP contribution in [0.25, 0.3) is 10.4 Å². The maximum Gasteiger partial charge on any atom is 0.311 e. The summed E-state index contributed by atoms with van der Waals surface area (Å²) in [5, 5.41) is 12.0. The number of hydrogen-bond donors (Lipinski definition) is 0. The van der Waals surface area contributed by atoms with E-state index in [1.165, 1.54) is 15.8 Å². The minimum Gasteiger partial charge on any atom is -0.348 e. The third-order valence-electron chi connectivity index (χ3n) is 4.78. The minimum atomic E-state index is -0.363. The lowest BCUT2D eigenvalue weighted by molar-refractivity contribution is -0.384. The molecular formula is C20H19ClN4O2S. The number of hydrogen-bond acceptors (Lipinski definition) is 6. The highest BCUT2D eigenvalue weighted by Gasteiger charge is 2.24. The van der Waals surface area contributed by atoms with Crippen LogP contribution in [0.15, 0.2) is 54.7 Å². The second kappa shape index (κ2) is 8.26. The molecule has 3 heterocycles. The number of anilines is 1. The van der Waals surface area contributed by atoms with E-state index in [0.29, 0.717) is 5.82 Å². The number of nitrogens with zero attached hydrogens (tertiary/aromatic N) is 4. The lowest BCUT2D eigenvalue weighted by atomic mass is 10.2. The molecule has 0 amide bonds. The Bertz CT molecular complexity index is 986. The van der Waals surface area contributed by atoms with Crippen LogP contribution in [0.3, 0.4) is 0 Å². The molecule has 28 heavy (non-hydrogen) atoms. The third-order valence-corrected chi connectivity index (χ3v) is 6.14. The molecule has 0 aliphatic carbocycles. The molecule has 1 fully saturated rings. The zero-order valence-corrected chi connectivity index (χ0v) is 16.7. The lowest BCUT2D eigenvalue weighted by Gasteiger charge is -2.34. The molecule has 0 saturated carbocycles. The monoisotopic (exact) mass is 414 g/mol. The number of benzene rings is 1. The molecule has 0 spiro atoms. The van der Waals surface area contributed by atoms with Gasteiger partial charge in [0.1, 0.15) is 0 Å². The zero-order chi connectivity index (χ0) is 19.5.